The third kappa shape index (κ3) is 3.62. The van der Waals surface area contributed by atoms with Crippen molar-refractivity contribution in [3.63, 3.8) is 0 Å². The zero-order valence-corrected chi connectivity index (χ0v) is 13.6. The Kier molecular flexibility index (Phi) is 4.78. The van der Waals surface area contributed by atoms with Crippen LogP contribution in [0.25, 0.3) is 0 Å². The van der Waals surface area contributed by atoms with E-state index in [1.54, 1.807) is 6.26 Å². The van der Waals surface area contributed by atoms with Gasteiger partial charge in [-0.15, -0.1) is 11.3 Å². The number of carbonyl (C=O) groups excluding carboxylic acids is 2. The molecule has 0 spiro atoms. The van der Waals surface area contributed by atoms with E-state index in [-0.39, 0.29) is 12.5 Å². The summed E-state index contributed by atoms with van der Waals surface area (Å²) in [5.74, 6) is 0.221. The third-order valence-corrected chi connectivity index (χ3v) is 5.13. The lowest BCUT2D eigenvalue weighted by molar-refractivity contribution is -0.661. The van der Waals surface area contributed by atoms with Crippen LogP contribution in [0.5, 0.6) is 0 Å². The zero-order valence-electron chi connectivity index (χ0n) is 12.8. The molecule has 0 saturated heterocycles. The molecule has 1 aliphatic carbocycles. The lowest BCUT2D eigenvalue weighted by atomic mass is 9.95. The molecule has 0 radical (unpaired) electrons. The number of carbonyl (C=O) groups is 2. The van der Waals surface area contributed by atoms with Crippen molar-refractivity contribution in [1.82, 2.24) is 0 Å². The molecule has 2 amide bonds. The van der Waals surface area contributed by atoms with Gasteiger partial charge in [-0.1, -0.05) is 0 Å². The fourth-order valence-electron chi connectivity index (χ4n) is 2.87. The lowest BCUT2D eigenvalue weighted by Crippen LogP contribution is -2.84. The molecule has 2 aromatic heterocycles. The average molecular weight is 334 g/mol. The summed E-state index contributed by atoms with van der Waals surface area (Å²) in [4.78, 5) is 25.1. The summed E-state index contributed by atoms with van der Waals surface area (Å²) < 4.78 is 5.22. The molecule has 23 heavy (non-hydrogen) atoms. The molecule has 0 bridgehead atoms. The van der Waals surface area contributed by atoms with E-state index < -0.39 is 5.91 Å². The van der Waals surface area contributed by atoms with Crippen LogP contribution in [0.2, 0.25) is 0 Å². The maximum Gasteiger partial charge on any atom is 0.280 e. The number of amides is 2. The molecule has 0 aromatic carbocycles. The fourth-order valence-corrected chi connectivity index (χ4v) is 4.18. The third-order valence-electron chi connectivity index (χ3n) is 3.93. The maximum absolute atomic E-state index is 12.1. The number of furan rings is 1. The van der Waals surface area contributed by atoms with Crippen molar-refractivity contribution < 1.29 is 19.3 Å². The number of rotatable bonds is 6. The van der Waals surface area contributed by atoms with E-state index in [0.717, 1.165) is 37.0 Å². The smallest absolute Gasteiger partial charge is 0.280 e. The van der Waals surface area contributed by atoms with Gasteiger partial charge in [0.05, 0.1) is 11.8 Å². The van der Waals surface area contributed by atoms with Crippen molar-refractivity contribution in [1.29, 1.82) is 0 Å². The van der Waals surface area contributed by atoms with Crippen LogP contribution in [0.15, 0.2) is 22.8 Å². The van der Waals surface area contributed by atoms with Crippen molar-refractivity contribution >= 4 is 28.2 Å². The highest BCUT2D eigenvalue weighted by molar-refractivity contribution is 7.17. The van der Waals surface area contributed by atoms with Crippen molar-refractivity contribution in [3.05, 3.63) is 40.2 Å². The Morgan fingerprint density at radius 3 is 2.91 bits per heavy atom. The number of hydrogen-bond acceptors (Lipinski definition) is 4. The van der Waals surface area contributed by atoms with Crippen molar-refractivity contribution in [2.75, 3.05) is 11.9 Å². The van der Waals surface area contributed by atoms with Crippen molar-refractivity contribution in [3.8, 4) is 0 Å². The molecule has 6 nitrogen and oxygen atoms in total. The van der Waals surface area contributed by atoms with Gasteiger partial charge in [0.1, 0.15) is 11.5 Å². The van der Waals surface area contributed by atoms with Gasteiger partial charge in [0.2, 0.25) is 0 Å². The molecule has 1 aliphatic rings. The number of thiophene rings is 1. The summed E-state index contributed by atoms with van der Waals surface area (Å²) >= 11 is 1.48. The van der Waals surface area contributed by atoms with Gasteiger partial charge in [-0.05, 0) is 43.4 Å². The minimum Gasteiger partial charge on any atom is -0.463 e. The van der Waals surface area contributed by atoms with Crippen LogP contribution < -0.4 is 16.4 Å². The summed E-state index contributed by atoms with van der Waals surface area (Å²) in [7, 11) is 0. The number of aryl methyl sites for hydroxylation is 1. The summed E-state index contributed by atoms with van der Waals surface area (Å²) in [5, 5.41) is 5.30. The van der Waals surface area contributed by atoms with Crippen molar-refractivity contribution in [2.24, 2.45) is 5.73 Å². The Bertz CT molecular complexity index is 706. The molecule has 0 saturated carbocycles. The molecule has 7 heteroatoms. The number of quaternary nitrogens is 1. The highest BCUT2D eigenvalue weighted by Gasteiger charge is 2.25. The van der Waals surface area contributed by atoms with Crippen LogP contribution in [0.3, 0.4) is 0 Å². The normalized spacial score (nSPS) is 13.6. The Hall–Kier alpha value is -2.12. The van der Waals surface area contributed by atoms with Gasteiger partial charge < -0.3 is 20.8 Å². The van der Waals surface area contributed by atoms with E-state index in [2.05, 4.69) is 5.32 Å². The highest BCUT2D eigenvalue weighted by Crippen LogP contribution is 2.37. The average Bonchev–Trinajstić information content (AvgIpc) is 3.13. The van der Waals surface area contributed by atoms with Crippen molar-refractivity contribution in [2.45, 2.75) is 32.2 Å². The van der Waals surface area contributed by atoms with Crippen LogP contribution in [0, 0.1) is 0 Å². The summed E-state index contributed by atoms with van der Waals surface area (Å²) in [6.45, 7) is 0.867. The molecule has 2 heterocycles. The summed E-state index contributed by atoms with van der Waals surface area (Å²) in [5.41, 5.74) is 7.05. The van der Waals surface area contributed by atoms with Gasteiger partial charge in [-0.2, -0.15) is 0 Å². The molecular formula is C16H20N3O3S+. The number of anilines is 1. The first-order valence-electron chi connectivity index (χ1n) is 7.73. The van der Waals surface area contributed by atoms with Crippen LogP contribution in [0.1, 0.15) is 39.4 Å². The van der Waals surface area contributed by atoms with Gasteiger partial charge in [-0.3, -0.25) is 9.59 Å². The Morgan fingerprint density at radius 1 is 1.35 bits per heavy atom. The van der Waals surface area contributed by atoms with Gasteiger partial charge in [0.25, 0.3) is 11.8 Å². The first-order chi connectivity index (χ1) is 11.1. The number of fused-ring (bicyclic) bond motifs is 1. The van der Waals surface area contributed by atoms with Crippen LogP contribution in [0.4, 0.5) is 5.00 Å². The largest absolute Gasteiger partial charge is 0.463 e. The molecule has 0 aliphatic heterocycles. The fraction of sp³-hybridized carbons (Fsp3) is 0.375. The minimum atomic E-state index is -0.459. The first kappa shape index (κ1) is 15.8. The molecule has 0 unspecified atom stereocenters. The second-order valence-corrected chi connectivity index (χ2v) is 6.71. The van der Waals surface area contributed by atoms with E-state index in [0.29, 0.717) is 17.1 Å². The Balaban J connectivity index is 1.63. The van der Waals surface area contributed by atoms with Gasteiger partial charge in [0.15, 0.2) is 12.3 Å². The molecule has 2 aromatic rings. The van der Waals surface area contributed by atoms with Crippen LogP contribution >= 0.6 is 11.3 Å². The number of hydrogen-bond donors (Lipinski definition) is 3. The van der Waals surface area contributed by atoms with Gasteiger partial charge in [0, 0.05) is 4.88 Å². The second kappa shape index (κ2) is 6.97. The molecule has 3 rings (SSSR count). The van der Waals surface area contributed by atoms with Crippen LogP contribution in [-0.2, 0) is 24.2 Å². The van der Waals surface area contributed by atoms with E-state index in [1.165, 1.54) is 16.2 Å². The minimum absolute atomic E-state index is 0.141. The van der Waals surface area contributed by atoms with Gasteiger partial charge in [-0.25, -0.2) is 0 Å². The first-order valence-corrected chi connectivity index (χ1v) is 8.55. The molecule has 0 fully saturated rings. The summed E-state index contributed by atoms with van der Waals surface area (Å²) in [6, 6.07) is 3.69. The topological polar surface area (TPSA) is 102 Å². The zero-order chi connectivity index (χ0) is 16.2. The van der Waals surface area contributed by atoms with E-state index in [1.807, 2.05) is 17.4 Å². The predicted octanol–water partition coefficient (Wildman–Crippen LogP) is 1.02. The number of nitrogens with one attached hydrogen (secondary N) is 1. The van der Waals surface area contributed by atoms with E-state index in [4.69, 9.17) is 10.2 Å². The van der Waals surface area contributed by atoms with Crippen LogP contribution in [-0.4, -0.2) is 18.4 Å². The van der Waals surface area contributed by atoms with E-state index >= 15 is 0 Å². The molecule has 122 valence electrons. The lowest BCUT2D eigenvalue weighted by Gasteiger charge is -2.11. The second-order valence-electron chi connectivity index (χ2n) is 5.60. The maximum atomic E-state index is 12.1. The Labute approximate surface area is 138 Å². The summed E-state index contributed by atoms with van der Waals surface area (Å²) in [6.07, 6.45) is 5.62. The highest BCUT2D eigenvalue weighted by atomic mass is 32.1. The predicted molar refractivity (Wildman–Crippen MR) is 87.3 cm³/mol. The number of primary amides is 1. The Morgan fingerprint density at radius 2 is 2.17 bits per heavy atom. The standard InChI is InChI=1S/C16H19N3O3S/c17-15(21)14-11-5-1-2-6-12(11)23-16(14)19-13(20)9-18-8-10-4-3-7-22-10/h3-4,7,18H,1-2,5-6,8-9H2,(H2,17,21)(H,19,20)/p+1. The quantitative estimate of drug-likeness (QED) is 0.735. The SMILES string of the molecule is NC(=O)c1c(NC(=O)C[NH2+]Cc2ccco2)sc2c1CCCC2. The molecule has 0 atom stereocenters. The van der Waals surface area contributed by atoms with E-state index in [9.17, 15) is 9.59 Å². The molecular weight excluding hydrogens is 314 g/mol. The number of nitrogens with two attached hydrogens (primary N) is 2. The van der Waals surface area contributed by atoms with Gasteiger partial charge >= 0.3 is 0 Å². The molecule has 5 N–H and O–H groups in total. The monoisotopic (exact) mass is 334 g/mol.